The largest absolute Gasteiger partial charge is 0.496 e. The minimum Gasteiger partial charge on any atom is -0.496 e. The maximum Gasteiger partial charge on any atom is 0.338 e. The predicted octanol–water partition coefficient (Wildman–Crippen LogP) is 4.10. The third-order valence-corrected chi connectivity index (χ3v) is 7.01. The Bertz CT molecular complexity index is 1470. The zero-order chi connectivity index (χ0) is 25.3. The molecule has 0 saturated heterocycles. The Morgan fingerprint density at radius 2 is 1.83 bits per heavy atom. The molecule has 182 valence electrons. The Balaban J connectivity index is 1.92. The lowest BCUT2D eigenvalue weighted by Gasteiger charge is -2.25. The van der Waals surface area contributed by atoms with Gasteiger partial charge in [0.25, 0.3) is 5.56 Å². The van der Waals surface area contributed by atoms with Gasteiger partial charge in [0.1, 0.15) is 11.8 Å². The summed E-state index contributed by atoms with van der Waals surface area (Å²) in [7, 11) is 1.57. The molecule has 0 radical (unpaired) electrons. The van der Waals surface area contributed by atoms with Crippen LogP contribution in [0.15, 0.2) is 69.6 Å². The number of thiazole rings is 1. The van der Waals surface area contributed by atoms with Gasteiger partial charge in [0, 0.05) is 5.56 Å². The number of benzene rings is 2. The lowest BCUT2D eigenvalue weighted by atomic mass is 9.87. The van der Waals surface area contributed by atoms with Gasteiger partial charge in [-0.15, -0.1) is 0 Å². The number of allylic oxidation sites excluding steroid dienone is 1. The molecule has 35 heavy (non-hydrogen) atoms. The normalized spacial score (nSPS) is 16.1. The van der Waals surface area contributed by atoms with Crippen molar-refractivity contribution in [1.82, 2.24) is 4.57 Å². The number of nitrogens with zero attached hydrogens (tertiary/aromatic N) is 2. The Morgan fingerprint density at radius 1 is 1.14 bits per heavy atom. The number of methoxy groups -OCH3 is 1. The number of para-hydroxylation sites is 1. The van der Waals surface area contributed by atoms with E-state index in [1.54, 1.807) is 25.5 Å². The molecule has 3 aromatic rings. The highest BCUT2D eigenvalue weighted by Crippen LogP contribution is 2.35. The molecule has 2 heterocycles. The molecule has 1 unspecified atom stereocenters. The molecule has 0 spiro atoms. The first-order valence-electron chi connectivity index (χ1n) is 11.6. The highest BCUT2D eigenvalue weighted by Gasteiger charge is 2.34. The monoisotopic (exact) mass is 490 g/mol. The van der Waals surface area contributed by atoms with Crippen LogP contribution in [0.3, 0.4) is 0 Å². The summed E-state index contributed by atoms with van der Waals surface area (Å²) in [5.41, 5.74) is 3.56. The number of carbonyl (C=O) groups is 1. The maximum atomic E-state index is 13.7. The van der Waals surface area contributed by atoms with Crippen molar-refractivity contribution in [2.75, 3.05) is 13.7 Å². The Labute approximate surface area is 208 Å². The fraction of sp³-hybridized carbons (Fsp3) is 0.321. The van der Waals surface area contributed by atoms with E-state index in [-0.39, 0.29) is 17.6 Å². The smallest absolute Gasteiger partial charge is 0.338 e. The van der Waals surface area contributed by atoms with Crippen LogP contribution >= 0.6 is 11.3 Å². The van der Waals surface area contributed by atoms with Crippen molar-refractivity contribution >= 4 is 23.4 Å². The molecule has 1 aromatic heterocycles. The third kappa shape index (κ3) is 4.73. The average molecular weight is 491 g/mol. The fourth-order valence-electron chi connectivity index (χ4n) is 4.21. The molecule has 0 bridgehead atoms. The molecule has 7 heteroatoms. The molecule has 1 atom stereocenters. The topological polar surface area (TPSA) is 69.9 Å². The molecule has 1 aliphatic heterocycles. The molecule has 0 aliphatic carbocycles. The predicted molar refractivity (Wildman–Crippen MR) is 139 cm³/mol. The van der Waals surface area contributed by atoms with Gasteiger partial charge in [-0.3, -0.25) is 9.36 Å². The number of hydrogen-bond acceptors (Lipinski definition) is 6. The second kappa shape index (κ2) is 9.66. The highest BCUT2D eigenvalue weighted by molar-refractivity contribution is 7.07. The summed E-state index contributed by atoms with van der Waals surface area (Å²) in [6, 6.07) is 14.9. The molecular formula is C28H30N2O4S. The van der Waals surface area contributed by atoms with E-state index >= 15 is 0 Å². The summed E-state index contributed by atoms with van der Waals surface area (Å²) in [5, 5.41) is 0. The summed E-state index contributed by atoms with van der Waals surface area (Å²) in [4.78, 5) is 31.9. The lowest BCUT2D eigenvalue weighted by Crippen LogP contribution is -2.40. The third-order valence-electron chi connectivity index (χ3n) is 6.03. The summed E-state index contributed by atoms with van der Waals surface area (Å²) < 4.78 is 13.1. The molecule has 6 nitrogen and oxygen atoms in total. The number of ether oxygens (including phenoxy) is 2. The van der Waals surface area contributed by atoms with E-state index in [2.05, 4.69) is 37.9 Å². The van der Waals surface area contributed by atoms with Crippen LogP contribution in [0.25, 0.3) is 6.08 Å². The maximum absolute atomic E-state index is 13.7. The molecule has 0 amide bonds. The number of rotatable bonds is 5. The summed E-state index contributed by atoms with van der Waals surface area (Å²) in [5.74, 6) is 0.0954. The number of hydrogen-bond donors (Lipinski definition) is 0. The van der Waals surface area contributed by atoms with E-state index in [4.69, 9.17) is 9.47 Å². The van der Waals surface area contributed by atoms with Crippen LogP contribution in [0, 0.1) is 0 Å². The first-order chi connectivity index (χ1) is 16.7. The molecular weight excluding hydrogens is 460 g/mol. The zero-order valence-corrected chi connectivity index (χ0v) is 21.7. The van der Waals surface area contributed by atoms with Crippen molar-refractivity contribution in [2.24, 2.45) is 4.99 Å². The van der Waals surface area contributed by atoms with Gasteiger partial charge < -0.3 is 9.47 Å². The molecule has 2 aromatic carbocycles. The molecule has 0 fully saturated rings. The SMILES string of the molecule is CCOC(=O)C1=C(C)N=c2sc(=Cc3ccc(C(C)(C)C)cc3)c(=O)n2C1c1ccccc1OC. The molecule has 1 aliphatic rings. The first kappa shape index (κ1) is 24.7. The van der Waals surface area contributed by atoms with Crippen molar-refractivity contribution in [3.05, 3.63) is 96.2 Å². The number of esters is 1. The van der Waals surface area contributed by atoms with Gasteiger partial charge in [-0.05, 0) is 42.5 Å². The molecule has 0 saturated carbocycles. The first-order valence-corrected chi connectivity index (χ1v) is 12.4. The van der Waals surface area contributed by atoms with Crippen molar-refractivity contribution in [2.45, 2.75) is 46.1 Å². The number of aromatic nitrogens is 1. The lowest BCUT2D eigenvalue weighted by molar-refractivity contribution is -0.139. The van der Waals surface area contributed by atoms with Gasteiger partial charge >= 0.3 is 5.97 Å². The van der Waals surface area contributed by atoms with Crippen LogP contribution in [0.5, 0.6) is 5.75 Å². The fourth-order valence-corrected chi connectivity index (χ4v) is 5.26. The summed E-state index contributed by atoms with van der Waals surface area (Å²) in [6.07, 6.45) is 1.87. The zero-order valence-electron chi connectivity index (χ0n) is 20.9. The standard InChI is InChI=1S/C28H30N2O4S/c1-7-34-26(32)23-17(2)29-27-30(24(23)20-10-8-9-11-21(20)33-6)25(31)22(35-27)16-18-12-14-19(15-13-18)28(3,4)5/h8-16,24H,7H2,1-6H3. The van der Waals surface area contributed by atoms with E-state index in [1.165, 1.54) is 16.9 Å². The van der Waals surface area contributed by atoms with Gasteiger partial charge in [0.15, 0.2) is 4.80 Å². The van der Waals surface area contributed by atoms with E-state index < -0.39 is 12.0 Å². The number of fused-ring (bicyclic) bond motifs is 1. The van der Waals surface area contributed by atoms with Crippen LogP contribution < -0.4 is 19.6 Å². The number of carbonyl (C=O) groups excluding carboxylic acids is 1. The summed E-state index contributed by atoms with van der Waals surface area (Å²) >= 11 is 1.31. The second-order valence-corrected chi connectivity index (χ2v) is 10.4. The van der Waals surface area contributed by atoms with Crippen molar-refractivity contribution < 1.29 is 14.3 Å². The molecule has 4 rings (SSSR count). The van der Waals surface area contributed by atoms with E-state index in [1.807, 2.05) is 42.5 Å². The van der Waals surface area contributed by atoms with Crippen molar-refractivity contribution in [3.63, 3.8) is 0 Å². The minimum atomic E-state index is -0.702. The van der Waals surface area contributed by atoms with Crippen molar-refractivity contribution in [1.29, 1.82) is 0 Å². The van der Waals surface area contributed by atoms with Crippen LogP contribution in [0.2, 0.25) is 0 Å². The van der Waals surface area contributed by atoms with E-state index in [0.717, 1.165) is 5.56 Å². The highest BCUT2D eigenvalue weighted by atomic mass is 32.1. The Morgan fingerprint density at radius 3 is 2.46 bits per heavy atom. The van der Waals surface area contributed by atoms with Gasteiger partial charge in [0.05, 0.1) is 29.5 Å². The Kier molecular flexibility index (Phi) is 6.81. The van der Waals surface area contributed by atoms with E-state index in [9.17, 15) is 9.59 Å². The van der Waals surface area contributed by atoms with Gasteiger partial charge in [-0.1, -0.05) is 74.6 Å². The van der Waals surface area contributed by atoms with Crippen LogP contribution in [-0.4, -0.2) is 24.3 Å². The Hall–Kier alpha value is -3.45. The second-order valence-electron chi connectivity index (χ2n) is 9.42. The summed E-state index contributed by atoms with van der Waals surface area (Å²) in [6.45, 7) is 10.3. The molecule has 0 N–H and O–H groups in total. The quantitative estimate of drug-likeness (QED) is 0.505. The minimum absolute atomic E-state index is 0.0492. The van der Waals surface area contributed by atoms with Gasteiger partial charge in [0.2, 0.25) is 0 Å². The van der Waals surface area contributed by atoms with Crippen molar-refractivity contribution in [3.8, 4) is 5.75 Å². The van der Waals surface area contributed by atoms with Crippen LogP contribution in [-0.2, 0) is 14.9 Å². The van der Waals surface area contributed by atoms with Crippen LogP contribution in [0.4, 0.5) is 0 Å². The van der Waals surface area contributed by atoms with E-state index in [0.29, 0.717) is 31.9 Å². The van der Waals surface area contributed by atoms with Crippen LogP contribution in [0.1, 0.15) is 57.4 Å². The van der Waals surface area contributed by atoms with Gasteiger partial charge in [-0.25, -0.2) is 9.79 Å². The van der Waals surface area contributed by atoms with Gasteiger partial charge in [-0.2, -0.15) is 0 Å². The average Bonchev–Trinajstić information content (AvgIpc) is 3.12.